The molecule has 4 rings (SSSR count). The van der Waals surface area contributed by atoms with E-state index in [1.165, 1.54) is 0 Å². The Morgan fingerprint density at radius 2 is 1.88 bits per heavy atom. The van der Waals surface area contributed by atoms with Crippen molar-refractivity contribution in [2.75, 3.05) is 27.3 Å². The molecule has 2 aromatic carbocycles. The lowest BCUT2D eigenvalue weighted by atomic mass is 9.95. The van der Waals surface area contributed by atoms with Gasteiger partial charge < -0.3 is 19.2 Å². The molecule has 0 bridgehead atoms. The molecule has 34 heavy (non-hydrogen) atoms. The van der Waals surface area contributed by atoms with Crippen LogP contribution in [0.25, 0.3) is 11.5 Å². The van der Waals surface area contributed by atoms with Crippen LogP contribution >= 0.6 is 11.6 Å². The van der Waals surface area contributed by atoms with E-state index < -0.39 is 0 Å². The Morgan fingerprint density at radius 1 is 1.15 bits per heavy atom. The second kappa shape index (κ2) is 10.9. The number of ether oxygens (including phenoxy) is 2. The van der Waals surface area contributed by atoms with Gasteiger partial charge in [0, 0.05) is 29.6 Å². The molecule has 1 aromatic heterocycles. The minimum atomic E-state index is 0.0134. The van der Waals surface area contributed by atoms with Crippen LogP contribution in [0.1, 0.15) is 29.9 Å². The van der Waals surface area contributed by atoms with Gasteiger partial charge in [0.05, 0.1) is 19.9 Å². The lowest BCUT2D eigenvalue weighted by Crippen LogP contribution is -2.40. The summed E-state index contributed by atoms with van der Waals surface area (Å²) in [4.78, 5) is 19.7. The van der Waals surface area contributed by atoms with Crippen LogP contribution in [-0.4, -0.2) is 43.1 Å². The second-order valence-corrected chi connectivity index (χ2v) is 8.86. The molecular formula is C26H30ClN3O4. The SMILES string of the molecule is COc1ccc(-c2nc(CN3CCC(C(=O)NCc4ccccc4Cl)CC3)c(C)o2)cc1OC. The number of amides is 1. The van der Waals surface area contributed by atoms with Crippen molar-refractivity contribution in [3.8, 4) is 23.0 Å². The van der Waals surface area contributed by atoms with Gasteiger partial charge in [-0.05, 0) is 62.7 Å². The lowest BCUT2D eigenvalue weighted by Gasteiger charge is -2.30. The molecule has 1 N–H and O–H groups in total. The Labute approximate surface area is 205 Å². The molecule has 7 nitrogen and oxygen atoms in total. The zero-order valence-corrected chi connectivity index (χ0v) is 20.5. The summed E-state index contributed by atoms with van der Waals surface area (Å²) in [6, 6.07) is 13.2. The number of halogens is 1. The number of likely N-dealkylation sites (tertiary alicyclic amines) is 1. The van der Waals surface area contributed by atoms with Crippen molar-refractivity contribution in [1.29, 1.82) is 0 Å². The van der Waals surface area contributed by atoms with Crippen molar-refractivity contribution in [3.63, 3.8) is 0 Å². The van der Waals surface area contributed by atoms with Crippen LogP contribution in [0.4, 0.5) is 0 Å². The van der Waals surface area contributed by atoms with Crippen LogP contribution < -0.4 is 14.8 Å². The van der Waals surface area contributed by atoms with Crippen LogP contribution in [0.2, 0.25) is 5.02 Å². The van der Waals surface area contributed by atoms with E-state index in [2.05, 4.69) is 10.2 Å². The topological polar surface area (TPSA) is 76.8 Å². The minimum absolute atomic E-state index is 0.0134. The number of hydrogen-bond acceptors (Lipinski definition) is 6. The van der Waals surface area contributed by atoms with Crippen LogP contribution in [-0.2, 0) is 17.9 Å². The van der Waals surface area contributed by atoms with Gasteiger partial charge in [0.25, 0.3) is 0 Å². The van der Waals surface area contributed by atoms with Crippen molar-refractivity contribution >= 4 is 17.5 Å². The van der Waals surface area contributed by atoms with Gasteiger partial charge in [-0.2, -0.15) is 0 Å². The summed E-state index contributed by atoms with van der Waals surface area (Å²) in [5.74, 6) is 2.75. The first kappa shape index (κ1) is 24.1. The Kier molecular flexibility index (Phi) is 7.75. The maximum absolute atomic E-state index is 12.6. The largest absolute Gasteiger partial charge is 0.493 e. The van der Waals surface area contributed by atoms with Crippen molar-refractivity contribution in [3.05, 3.63) is 64.5 Å². The van der Waals surface area contributed by atoms with Gasteiger partial charge in [0.15, 0.2) is 11.5 Å². The van der Waals surface area contributed by atoms with Gasteiger partial charge in [0.1, 0.15) is 5.76 Å². The molecule has 1 aliphatic rings. The zero-order valence-electron chi connectivity index (χ0n) is 19.8. The van der Waals surface area contributed by atoms with E-state index in [-0.39, 0.29) is 11.8 Å². The van der Waals surface area contributed by atoms with Crippen molar-refractivity contribution in [2.45, 2.75) is 32.9 Å². The zero-order chi connectivity index (χ0) is 24.1. The van der Waals surface area contributed by atoms with Crippen LogP contribution in [0.15, 0.2) is 46.9 Å². The highest BCUT2D eigenvalue weighted by atomic mass is 35.5. The fraction of sp³-hybridized carbons (Fsp3) is 0.385. The van der Waals surface area contributed by atoms with E-state index >= 15 is 0 Å². The van der Waals surface area contributed by atoms with Crippen LogP contribution in [0.3, 0.4) is 0 Å². The maximum Gasteiger partial charge on any atom is 0.226 e. The highest BCUT2D eigenvalue weighted by Gasteiger charge is 2.26. The number of rotatable bonds is 8. The Balaban J connectivity index is 1.32. The molecule has 1 aliphatic heterocycles. The summed E-state index contributed by atoms with van der Waals surface area (Å²) in [5, 5.41) is 3.71. The number of piperidine rings is 1. The smallest absolute Gasteiger partial charge is 0.226 e. The molecule has 3 aromatic rings. The Hall–Kier alpha value is -3.03. The van der Waals surface area contributed by atoms with Crippen LogP contribution in [0.5, 0.6) is 11.5 Å². The van der Waals surface area contributed by atoms with E-state index in [0.717, 1.165) is 48.5 Å². The number of aryl methyl sites for hydroxylation is 1. The molecule has 0 spiro atoms. The molecule has 180 valence electrons. The molecule has 0 atom stereocenters. The van der Waals surface area contributed by atoms with Crippen molar-refractivity contribution < 1.29 is 18.7 Å². The average Bonchev–Trinajstić information content (AvgIpc) is 3.23. The Bertz CT molecular complexity index is 1140. The van der Waals surface area contributed by atoms with Crippen molar-refractivity contribution in [1.82, 2.24) is 15.2 Å². The minimum Gasteiger partial charge on any atom is -0.493 e. The first-order valence-corrected chi connectivity index (χ1v) is 11.8. The standard InChI is InChI=1S/C26H30ClN3O4/c1-17-22(29-26(34-17)19-8-9-23(32-2)24(14-19)33-3)16-30-12-10-18(11-13-30)25(31)28-15-20-6-4-5-7-21(20)27/h4-9,14,18H,10-13,15-16H2,1-3H3,(H,28,31). The van der Waals surface area contributed by atoms with E-state index in [1.807, 2.05) is 49.4 Å². The van der Waals surface area contributed by atoms with Gasteiger partial charge in [-0.15, -0.1) is 0 Å². The first-order chi connectivity index (χ1) is 16.5. The highest BCUT2D eigenvalue weighted by Crippen LogP contribution is 2.33. The molecule has 1 amide bonds. The molecule has 0 unspecified atom stereocenters. The van der Waals surface area contributed by atoms with Crippen LogP contribution in [0, 0.1) is 12.8 Å². The van der Waals surface area contributed by atoms with E-state index in [9.17, 15) is 4.79 Å². The number of methoxy groups -OCH3 is 2. The summed E-state index contributed by atoms with van der Waals surface area (Å²) in [6.45, 7) is 4.75. The first-order valence-electron chi connectivity index (χ1n) is 11.4. The fourth-order valence-electron chi connectivity index (χ4n) is 4.20. The van der Waals surface area contributed by atoms with E-state index in [4.69, 9.17) is 30.5 Å². The average molecular weight is 484 g/mol. The molecular weight excluding hydrogens is 454 g/mol. The third kappa shape index (κ3) is 5.54. The molecule has 0 radical (unpaired) electrons. The van der Waals surface area contributed by atoms with E-state index in [1.54, 1.807) is 14.2 Å². The number of oxazole rings is 1. The summed E-state index contributed by atoms with van der Waals surface area (Å²) in [5.41, 5.74) is 2.68. The molecule has 0 saturated carbocycles. The second-order valence-electron chi connectivity index (χ2n) is 8.45. The normalized spacial score (nSPS) is 14.7. The molecule has 0 aliphatic carbocycles. The number of hydrogen-bond donors (Lipinski definition) is 1. The molecule has 1 saturated heterocycles. The number of aromatic nitrogens is 1. The Morgan fingerprint density at radius 3 is 2.59 bits per heavy atom. The van der Waals surface area contributed by atoms with E-state index in [0.29, 0.717) is 35.5 Å². The van der Waals surface area contributed by atoms with Gasteiger partial charge in [0.2, 0.25) is 11.8 Å². The quantitative estimate of drug-likeness (QED) is 0.493. The highest BCUT2D eigenvalue weighted by molar-refractivity contribution is 6.31. The molecule has 1 fully saturated rings. The number of carbonyl (C=O) groups is 1. The van der Waals surface area contributed by atoms with Crippen molar-refractivity contribution in [2.24, 2.45) is 5.92 Å². The van der Waals surface area contributed by atoms with Gasteiger partial charge in [-0.3, -0.25) is 9.69 Å². The molecule has 2 heterocycles. The van der Waals surface area contributed by atoms with Gasteiger partial charge in [-0.1, -0.05) is 29.8 Å². The predicted molar refractivity (Wildman–Crippen MR) is 131 cm³/mol. The summed E-state index contributed by atoms with van der Waals surface area (Å²) in [6.07, 6.45) is 1.63. The van der Waals surface area contributed by atoms with Gasteiger partial charge in [-0.25, -0.2) is 4.98 Å². The number of carbonyl (C=O) groups excluding carboxylic acids is 1. The fourth-order valence-corrected chi connectivity index (χ4v) is 4.40. The summed E-state index contributed by atoms with van der Waals surface area (Å²) >= 11 is 6.19. The third-order valence-electron chi connectivity index (χ3n) is 6.27. The monoisotopic (exact) mass is 483 g/mol. The summed E-state index contributed by atoms with van der Waals surface area (Å²) in [7, 11) is 3.21. The third-order valence-corrected chi connectivity index (χ3v) is 6.63. The van der Waals surface area contributed by atoms with Gasteiger partial charge >= 0.3 is 0 Å². The molecule has 8 heteroatoms. The lowest BCUT2D eigenvalue weighted by molar-refractivity contribution is -0.126. The maximum atomic E-state index is 12.6. The predicted octanol–water partition coefficient (Wildman–Crippen LogP) is 4.85. The number of benzene rings is 2. The number of nitrogens with one attached hydrogen (secondary N) is 1. The summed E-state index contributed by atoms with van der Waals surface area (Å²) < 4.78 is 16.6. The number of nitrogens with zero attached hydrogens (tertiary/aromatic N) is 2.